The van der Waals surface area contributed by atoms with E-state index in [-0.39, 0.29) is 11.4 Å². The minimum atomic E-state index is -0.494. The van der Waals surface area contributed by atoms with Gasteiger partial charge in [-0.3, -0.25) is 4.79 Å². The molecule has 0 atom stereocenters. The summed E-state index contributed by atoms with van der Waals surface area (Å²) in [5.74, 6) is -0.417. The number of hydrogen-bond acceptors (Lipinski definition) is 3. The Balaban J connectivity index is 1.76. The van der Waals surface area contributed by atoms with E-state index in [1.807, 2.05) is 37.3 Å². The van der Waals surface area contributed by atoms with E-state index in [4.69, 9.17) is 4.42 Å². The van der Waals surface area contributed by atoms with Crippen molar-refractivity contribution in [2.45, 2.75) is 6.92 Å². The highest BCUT2D eigenvalue weighted by atomic mass is 19.1. The maximum atomic E-state index is 14.0. The number of hydrogen-bond donors (Lipinski definition) is 1. The molecule has 27 heavy (non-hydrogen) atoms. The number of nitrogens with one attached hydrogen (secondary N) is 1. The number of benzene rings is 2. The van der Waals surface area contributed by atoms with Crippen LogP contribution >= 0.6 is 0 Å². The normalized spacial score (nSPS) is 10.7. The first-order chi connectivity index (χ1) is 13.1. The number of carbonyl (C=O) groups excluding carboxylic acids is 1. The van der Waals surface area contributed by atoms with Gasteiger partial charge in [-0.05, 0) is 48.9 Å². The average Bonchev–Trinajstić information content (AvgIpc) is 3.35. The number of furan rings is 1. The van der Waals surface area contributed by atoms with E-state index in [0.29, 0.717) is 17.1 Å². The van der Waals surface area contributed by atoms with Gasteiger partial charge in [0.25, 0.3) is 5.91 Å². The van der Waals surface area contributed by atoms with E-state index < -0.39 is 11.7 Å². The lowest BCUT2D eigenvalue weighted by Crippen LogP contribution is -2.17. The van der Waals surface area contributed by atoms with Crippen LogP contribution in [0.2, 0.25) is 0 Å². The first kappa shape index (κ1) is 16.8. The Morgan fingerprint density at radius 2 is 1.89 bits per heavy atom. The summed E-state index contributed by atoms with van der Waals surface area (Å²) >= 11 is 0. The van der Waals surface area contributed by atoms with E-state index in [1.165, 1.54) is 10.7 Å². The molecule has 5 nitrogen and oxygen atoms in total. The van der Waals surface area contributed by atoms with Crippen molar-refractivity contribution in [2.24, 2.45) is 0 Å². The summed E-state index contributed by atoms with van der Waals surface area (Å²) in [6.45, 7) is 1.83. The van der Waals surface area contributed by atoms with Crippen molar-refractivity contribution in [3.8, 4) is 17.1 Å². The number of nitrogens with zero attached hydrogens (tertiary/aromatic N) is 2. The van der Waals surface area contributed by atoms with Crippen molar-refractivity contribution in [3.63, 3.8) is 0 Å². The minimum absolute atomic E-state index is 0.125. The molecule has 134 valence electrons. The number of para-hydroxylation sites is 1. The third kappa shape index (κ3) is 3.37. The summed E-state index contributed by atoms with van der Waals surface area (Å²) in [5.41, 5.74) is 2.47. The Morgan fingerprint density at radius 3 is 2.63 bits per heavy atom. The molecule has 1 N–H and O–H groups in total. The highest BCUT2D eigenvalue weighted by molar-refractivity contribution is 6.04. The number of carbonyl (C=O) groups is 1. The van der Waals surface area contributed by atoms with Crippen LogP contribution < -0.4 is 5.32 Å². The molecule has 0 saturated heterocycles. The molecule has 0 aliphatic carbocycles. The largest absolute Gasteiger partial charge is 0.463 e. The van der Waals surface area contributed by atoms with E-state index in [1.54, 1.807) is 36.6 Å². The zero-order valence-electron chi connectivity index (χ0n) is 14.5. The fourth-order valence-electron chi connectivity index (χ4n) is 2.77. The van der Waals surface area contributed by atoms with Crippen LogP contribution in [-0.4, -0.2) is 15.7 Å². The summed E-state index contributed by atoms with van der Waals surface area (Å²) in [5, 5.41) is 7.12. The predicted molar refractivity (Wildman–Crippen MR) is 100 cm³/mol. The molecule has 1 amide bonds. The zero-order chi connectivity index (χ0) is 18.8. The number of aryl methyl sites for hydroxylation is 1. The molecular formula is C21H16FN3O2. The third-order valence-electron chi connectivity index (χ3n) is 4.09. The molecule has 0 unspecified atom stereocenters. The van der Waals surface area contributed by atoms with Crippen molar-refractivity contribution in [1.82, 2.24) is 9.78 Å². The standard InChI is InChI=1S/C21H16FN3O2/c1-14-9-10-16(22)17(12-14)23-21(26)19-13-18(20-8-5-11-27-20)24-25(19)15-6-3-2-4-7-15/h2-13H,1H3,(H,23,26). The van der Waals surface area contributed by atoms with Crippen LogP contribution in [0.5, 0.6) is 0 Å². The minimum Gasteiger partial charge on any atom is -0.463 e. The smallest absolute Gasteiger partial charge is 0.274 e. The Bertz CT molecular complexity index is 1090. The van der Waals surface area contributed by atoms with Crippen molar-refractivity contribution >= 4 is 11.6 Å². The molecule has 4 aromatic rings. The third-order valence-corrected chi connectivity index (χ3v) is 4.09. The number of anilines is 1. The molecule has 0 fully saturated rings. The van der Waals surface area contributed by atoms with Crippen LogP contribution in [-0.2, 0) is 0 Å². The van der Waals surface area contributed by atoms with Crippen LogP contribution in [0.1, 0.15) is 16.1 Å². The predicted octanol–water partition coefficient (Wildman–Crippen LogP) is 4.83. The number of halogens is 1. The van der Waals surface area contributed by atoms with E-state index in [0.717, 1.165) is 5.56 Å². The van der Waals surface area contributed by atoms with E-state index in [2.05, 4.69) is 10.4 Å². The van der Waals surface area contributed by atoms with Gasteiger partial charge in [0.15, 0.2) is 5.76 Å². The molecule has 0 bridgehead atoms. The maximum absolute atomic E-state index is 14.0. The molecule has 2 aromatic carbocycles. The lowest BCUT2D eigenvalue weighted by Gasteiger charge is -2.09. The Hall–Kier alpha value is -3.67. The topological polar surface area (TPSA) is 60.1 Å². The second kappa shape index (κ2) is 6.92. The van der Waals surface area contributed by atoms with Crippen molar-refractivity contribution in [2.75, 3.05) is 5.32 Å². The summed E-state index contributed by atoms with van der Waals surface area (Å²) in [7, 11) is 0. The molecule has 2 aromatic heterocycles. The molecular weight excluding hydrogens is 345 g/mol. The van der Waals surface area contributed by atoms with Gasteiger partial charge in [-0.2, -0.15) is 5.10 Å². The summed E-state index contributed by atoms with van der Waals surface area (Å²) in [6, 6.07) is 18.9. The van der Waals surface area contributed by atoms with Crippen LogP contribution in [0, 0.1) is 12.7 Å². The summed E-state index contributed by atoms with van der Waals surface area (Å²) in [6.07, 6.45) is 1.54. The summed E-state index contributed by atoms with van der Waals surface area (Å²) < 4.78 is 20.9. The van der Waals surface area contributed by atoms with Gasteiger partial charge in [0, 0.05) is 6.07 Å². The lowest BCUT2D eigenvalue weighted by atomic mass is 10.2. The van der Waals surface area contributed by atoms with E-state index >= 15 is 0 Å². The van der Waals surface area contributed by atoms with Crippen LogP contribution in [0.15, 0.2) is 77.4 Å². The lowest BCUT2D eigenvalue weighted by molar-refractivity contribution is 0.101. The molecule has 4 rings (SSSR count). The SMILES string of the molecule is Cc1ccc(F)c(NC(=O)c2cc(-c3ccco3)nn2-c2ccccc2)c1. The molecule has 0 radical (unpaired) electrons. The first-order valence-electron chi connectivity index (χ1n) is 8.39. The van der Waals surface area contributed by atoms with Gasteiger partial charge >= 0.3 is 0 Å². The van der Waals surface area contributed by atoms with Crippen LogP contribution in [0.4, 0.5) is 10.1 Å². The van der Waals surface area contributed by atoms with Crippen molar-refractivity contribution in [3.05, 3.63) is 90.1 Å². The zero-order valence-corrected chi connectivity index (χ0v) is 14.5. The molecule has 0 saturated carbocycles. The Morgan fingerprint density at radius 1 is 1.07 bits per heavy atom. The maximum Gasteiger partial charge on any atom is 0.274 e. The fourth-order valence-corrected chi connectivity index (χ4v) is 2.77. The van der Waals surface area contributed by atoms with Gasteiger partial charge in [0.05, 0.1) is 17.6 Å². The van der Waals surface area contributed by atoms with Gasteiger partial charge in [0.1, 0.15) is 17.2 Å². The molecule has 0 spiro atoms. The van der Waals surface area contributed by atoms with Gasteiger partial charge in [-0.1, -0.05) is 24.3 Å². The molecule has 6 heteroatoms. The highest BCUT2D eigenvalue weighted by Crippen LogP contribution is 2.24. The average molecular weight is 361 g/mol. The summed E-state index contributed by atoms with van der Waals surface area (Å²) in [4.78, 5) is 12.9. The second-order valence-electron chi connectivity index (χ2n) is 6.08. The quantitative estimate of drug-likeness (QED) is 0.566. The van der Waals surface area contributed by atoms with Crippen LogP contribution in [0.3, 0.4) is 0 Å². The fraction of sp³-hybridized carbons (Fsp3) is 0.0476. The van der Waals surface area contributed by atoms with Gasteiger partial charge < -0.3 is 9.73 Å². The monoisotopic (exact) mass is 361 g/mol. The van der Waals surface area contributed by atoms with Gasteiger partial charge in [-0.25, -0.2) is 9.07 Å². The first-order valence-corrected chi connectivity index (χ1v) is 8.39. The molecule has 0 aliphatic heterocycles. The van der Waals surface area contributed by atoms with Crippen LogP contribution in [0.25, 0.3) is 17.1 Å². The Kier molecular flexibility index (Phi) is 4.30. The number of rotatable bonds is 4. The highest BCUT2D eigenvalue weighted by Gasteiger charge is 2.19. The van der Waals surface area contributed by atoms with Crippen molar-refractivity contribution in [1.29, 1.82) is 0 Å². The van der Waals surface area contributed by atoms with Crippen molar-refractivity contribution < 1.29 is 13.6 Å². The number of aromatic nitrogens is 2. The Labute approximate surface area is 155 Å². The number of amides is 1. The van der Waals surface area contributed by atoms with E-state index in [9.17, 15) is 9.18 Å². The second-order valence-corrected chi connectivity index (χ2v) is 6.08. The molecule has 2 heterocycles. The van der Waals surface area contributed by atoms with Gasteiger partial charge in [-0.15, -0.1) is 0 Å². The molecule has 0 aliphatic rings. The van der Waals surface area contributed by atoms with Gasteiger partial charge in [0.2, 0.25) is 0 Å².